The molecule has 1 heteroatoms. The fraction of sp³-hybridized carbons (Fsp3) is 0.538. The second-order valence-electron chi connectivity index (χ2n) is 8.43. The van der Waals surface area contributed by atoms with Crippen LogP contribution in [0.1, 0.15) is 87.6 Å². The first-order chi connectivity index (χ1) is 13.0. The maximum atomic E-state index is 2.89. The minimum atomic E-state index is 0.134. The summed E-state index contributed by atoms with van der Waals surface area (Å²) in [5.41, 5.74) is 7.78. The summed E-state index contributed by atoms with van der Waals surface area (Å²) < 4.78 is 0. The summed E-state index contributed by atoms with van der Waals surface area (Å²) in [4.78, 5) is 2.89. The Balaban J connectivity index is 2.26. The lowest BCUT2D eigenvalue weighted by molar-refractivity contribution is -0.0262. The van der Waals surface area contributed by atoms with Crippen LogP contribution in [-0.2, 0) is 17.6 Å². The topological polar surface area (TPSA) is 3.24 Å². The molecule has 1 nitrogen and oxygen atoms in total. The molecule has 0 fully saturated rings. The second-order valence-corrected chi connectivity index (χ2v) is 8.43. The van der Waals surface area contributed by atoms with Crippen molar-refractivity contribution in [1.82, 2.24) is 4.90 Å². The van der Waals surface area contributed by atoms with Gasteiger partial charge in [-0.3, -0.25) is 4.90 Å². The molecule has 0 spiro atoms. The molecule has 1 heterocycles. The highest BCUT2D eigenvalue weighted by molar-refractivity contribution is 5.50. The van der Waals surface area contributed by atoms with Crippen LogP contribution in [0.4, 0.5) is 0 Å². The molecule has 1 atom stereocenters. The van der Waals surface area contributed by atoms with E-state index in [-0.39, 0.29) is 11.1 Å². The first kappa shape index (κ1) is 20.1. The van der Waals surface area contributed by atoms with Gasteiger partial charge in [0.05, 0.1) is 0 Å². The van der Waals surface area contributed by atoms with E-state index in [1.54, 1.807) is 11.1 Å². The minimum Gasteiger partial charge on any atom is -0.280 e. The van der Waals surface area contributed by atoms with Gasteiger partial charge in [-0.2, -0.15) is 0 Å². The van der Waals surface area contributed by atoms with E-state index in [9.17, 15) is 0 Å². The van der Waals surface area contributed by atoms with Crippen LogP contribution in [0.25, 0.3) is 0 Å². The Morgan fingerprint density at radius 2 is 1.26 bits per heavy atom. The third-order valence-electron chi connectivity index (χ3n) is 7.27. The third-order valence-corrected chi connectivity index (χ3v) is 7.27. The largest absolute Gasteiger partial charge is 0.280 e. The van der Waals surface area contributed by atoms with Crippen LogP contribution in [0.15, 0.2) is 42.5 Å². The lowest BCUT2D eigenvalue weighted by atomic mass is 9.80. The quantitative estimate of drug-likeness (QED) is 0.501. The maximum absolute atomic E-state index is 2.89. The summed E-state index contributed by atoms with van der Waals surface area (Å²) in [7, 11) is 0. The maximum Gasteiger partial charge on any atom is 0.0473 e. The number of nitrogens with zero attached hydrogens (tertiary/aromatic N) is 1. The minimum absolute atomic E-state index is 0.134. The van der Waals surface area contributed by atoms with Crippen molar-refractivity contribution in [2.75, 3.05) is 0 Å². The van der Waals surface area contributed by atoms with E-state index in [4.69, 9.17) is 0 Å². The smallest absolute Gasteiger partial charge is 0.0473 e. The zero-order valence-electron chi connectivity index (χ0n) is 18.2. The highest BCUT2D eigenvalue weighted by Crippen LogP contribution is 2.57. The summed E-state index contributed by atoms with van der Waals surface area (Å²) in [6.07, 6.45) is 5.95. The Bertz CT molecular complexity index is 772. The molecule has 1 unspecified atom stereocenters. The van der Waals surface area contributed by atoms with Crippen LogP contribution in [0.3, 0.4) is 0 Å². The number of hydrogen-bond acceptors (Lipinski definition) is 1. The summed E-state index contributed by atoms with van der Waals surface area (Å²) in [6, 6.07) is 16.1. The molecule has 0 aromatic heterocycles. The van der Waals surface area contributed by atoms with Crippen molar-refractivity contribution in [2.24, 2.45) is 0 Å². The van der Waals surface area contributed by atoms with E-state index in [1.165, 1.54) is 36.0 Å². The molecule has 2 aromatic rings. The highest BCUT2D eigenvalue weighted by atomic mass is 15.3. The van der Waals surface area contributed by atoms with Gasteiger partial charge in [0.1, 0.15) is 0 Å². The van der Waals surface area contributed by atoms with Gasteiger partial charge in [-0.15, -0.1) is 0 Å². The van der Waals surface area contributed by atoms with Crippen molar-refractivity contribution in [2.45, 2.75) is 91.3 Å². The standard InChI is InChI=1S/C26H37N/c1-7-16-26(10-4)24-18-21(6)20(5)17-23(24)25(8-2,9-3)27(26)19-22-14-12-11-13-15-22/h11-15,17-18H,7-10,16,19H2,1-6H3. The van der Waals surface area contributed by atoms with Gasteiger partial charge in [0.25, 0.3) is 0 Å². The molecule has 0 saturated carbocycles. The number of rotatable bonds is 7. The fourth-order valence-electron chi connectivity index (χ4n) is 5.61. The highest BCUT2D eigenvalue weighted by Gasteiger charge is 2.55. The van der Waals surface area contributed by atoms with Gasteiger partial charge in [-0.1, -0.05) is 76.6 Å². The summed E-state index contributed by atoms with van der Waals surface area (Å²) in [5, 5.41) is 0. The lowest BCUT2D eigenvalue weighted by Gasteiger charge is -2.47. The SMILES string of the molecule is CCCC1(CC)c2cc(C)c(C)cc2C(CC)(CC)N1Cc1ccccc1. The van der Waals surface area contributed by atoms with E-state index in [0.717, 1.165) is 19.4 Å². The molecule has 1 aliphatic heterocycles. The van der Waals surface area contributed by atoms with Gasteiger partial charge in [-0.05, 0) is 67.3 Å². The van der Waals surface area contributed by atoms with Crippen LogP contribution in [0, 0.1) is 13.8 Å². The predicted octanol–water partition coefficient (Wildman–Crippen LogP) is 7.24. The summed E-state index contributed by atoms with van der Waals surface area (Å²) >= 11 is 0. The monoisotopic (exact) mass is 363 g/mol. The first-order valence-electron chi connectivity index (χ1n) is 10.9. The molecule has 0 saturated heterocycles. The van der Waals surface area contributed by atoms with Gasteiger partial charge < -0.3 is 0 Å². The zero-order chi connectivity index (χ0) is 19.7. The molecular formula is C26H37N. The average molecular weight is 364 g/mol. The molecular weight excluding hydrogens is 326 g/mol. The van der Waals surface area contributed by atoms with E-state index in [2.05, 4.69) is 88.9 Å². The third kappa shape index (κ3) is 3.05. The van der Waals surface area contributed by atoms with Crippen molar-refractivity contribution >= 4 is 0 Å². The van der Waals surface area contributed by atoms with Crippen LogP contribution in [0.2, 0.25) is 0 Å². The molecule has 0 aliphatic carbocycles. The van der Waals surface area contributed by atoms with Crippen LogP contribution in [-0.4, -0.2) is 4.90 Å². The second kappa shape index (κ2) is 7.80. The molecule has 0 radical (unpaired) electrons. The van der Waals surface area contributed by atoms with Crippen LogP contribution >= 0.6 is 0 Å². The summed E-state index contributed by atoms with van der Waals surface area (Å²) in [5.74, 6) is 0. The Hall–Kier alpha value is -1.60. The van der Waals surface area contributed by atoms with Gasteiger partial charge in [-0.25, -0.2) is 0 Å². The normalized spacial score (nSPS) is 21.4. The zero-order valence-corrected chi connectivity index (χ0v) is 18.2. The molecule has 0 N–H and O–H groups in total. The van der Waals surface area contributed by atoms with Gasteiger partial charge in [0.2, 0.25) is 0 Å². The molecule has 1 aliphatic rings. The van der Waals surface area contributed by atoms with Gasteiger partial charge in [0.15, 0.2) is 0 Å². The molecule has 146 valence electrons. The number of aryl methyl sites for hydroxylation is 2. The van der Waals surface area contributed by atoms with E-state index < -0.39 is 0 Å². The fourth-order valence-corrected chi connectivity index (χ4v) is 5.61. The van der Waals surface area contributed by atoms with E-state index in [1.807, 2.05) is 0 Å². The van der Waals surface area contributed by atoms with Crippen molar-refractivity contribution in [3.63, 3.8) is 0 Å². The van der Waals surface area contributed by atoms with Crippen LogP contribution in [0.5, 0.6) is 0 Å². The van der Waals surface area contributed by atoms with Crippen molar-refractivity contribution in [3.05, 3.63) is 70.3 Å². The molecule has 27 heavy (non-hydrogen) atoms. The van der Waals surface area contributed by atoms with Crippen LogP contribution < -0.4 is 0 Å². The van der Waals surface area contributed by atoms with Gasteiger partial charge >= 0.3 is 0 Å². The Labute approximate surface area is 166 Å². The number of fused-ring (bicyclic) bond motifs is 1. The average Bonchev–Trinajstić information content (AvgIpc) is 2.90. The molecule has 3 rings (SSSR count). The lowest BCUT2D eigenvalue weighted by Crippen LogP contribution is -2.50. The number of hydrogen-bond donors (Lipinski definition) is 0. The molecule has 0 bridgehead atoms. The van der Waals surface area contributed by atoms with E-state index >= 15 is 0 Å². The van der Waals surface area contributed by atoms with E-state index in [0.29, 0.717) is 0 Å². The Morgan fingerprint density at radius 1 is 0.741 bits per heavy atom. The van der Waals surface area contributed by atoms with Gasteiger partial charge in [0, 0.05) is 17.6 Å². The first-order valence-corrected chi connectivity index (χ1v) is 10.9. The predicted molar refractivity (Wildman–Crippen MR) is 117 cm³/mol. The van der Waals surface area contributed by atoms with Crippen molar-refractivity contribution < 1.29 is 0 Å². The number of benzene rings is 2. The van der Waals surface area contributed by atoms with Crippen molar-refractivity contribution in [3.8, 4) is 0 Å². The Kier molecular flexibility index (Phi) is 5.82. The molecule has 2 aromatic carbocycles. The molecule has 0 amide bonds. The summed E-state index contributed by atoms with van der Waals surface area (Å²) in [6.45, 7) is 15.1. The van der Waals surface area contributed by atoms with Crippen molar-refractivity contribution in [1.29, 1.82) is 0 Å². The Morgan fingerprint density at radius 3 is 1.74 bits per heavy atom.